The molecule has 1 fully saturated rings. The Balaban J connectivity index is 0.00000300. The average Bonchev–Trinajstić information content (AvgIpc) is 2.74. The molecule has 0 bridgehead atoms. The van der Waals surface area contributed by atoms with Gasteiger partial charge in [0.25, 0.3) is 5.91 Å². The summed E-state index contributed by atoms with van der Waals surface area (Å²) in [4.78, 5) is 26.6. The minimum atomic E-state index is -0.162. The largest absolute Gasteiger partial charge is 0.497 e. The molecule has 2 aromatic carbocycles. The Labute approximate surface area is 176 Å². The van der Waals surface area contributed by atoms with Crippen molar-refractivity contribution in [1.29, 1.82) is 0 Å². The number of piperidine rings is 1. The SMILES string of the molecule is COc1ccc(N)c(NC(=O)C2CCN(C(=O)COc3ccccc3)CC2)c1.Cl. The van der Waals surface area contributed by atoms with Gasteiger partial charge in [0.15, 0.2) is 6.61 Å². The number of anilines is 2. The van der Waals surface area contributed by atoms with E-state index >= 15 is 0 Å². The molecular weight excluding hydrogens is 394 g/mol. The second-order valence-corrected chi connectivity index (χ2v) is 6.70. The topological polar surface area (TPSA) is 93.9 Å². The zero-order valence-electron chi connectivity index (χ0n) is 16.3. The van der Waals surface area contributed by atoms with Crippen molar-refractivity contribution in [1.82, 2.24) is 4.90 Å². The number of carbonyl (C=O) groups is 2. The van der Waals surface area contributed by atoms with E-state index in [2.05, 4.69) is 5.32 Å². The zero-order chi connectivity index (χ0) is 19.9. The van der Waals surface area contributed by atoms with Crippen LogP contribution >= 0.6 is 12.4 Å². The number of likely N-dealkylation sites (tertiary alicyclic amines) is 1. The maximum absolute atomic E-state index is 12.6. The molecule has 156 valence electrons. The highest BCUT2D eigenvalue weighted by Crippen LogP contribution is 2.26. The number of hydrogen-bond donors (Lipinski definition) is 2. The number of nitrogen functional groups attached to an aromatic ring is 1. The van der Waals surface area contributed by atoms with Crippen LogP contribution in [-0.4, -0.2) is 43.5 Å². The molecule has 1 aliphatic rings. The molecule has 0 spiro atoms. The fourth-order valence-corrected chi connectivity index (χ4v) is 3.15. The molecule has 3 rings (SSSR count). The van der Waals surface area contributed by atoms with Crippen LogP contribution in [0.2, 0.25) is 0 Å². The van der Waals surface area contributed by atoms with Crippen molar-refractivity contribution < 1.29 is 19.1 Å². The molecule has 1 saturated heterocycles. The van der Waals surface area contributed by atoms with Gasteiger partial charge in [0.2, 0.25) is 5.91 Å². The number of benzene rings is 2. The van der Waals surface area contributed by atoms with Crippen molar-refractivity contribution in [2.75, 3.05) is 37.9 Å². The number of nitrogens with two attached hydrogens (primary N) is 1. The molecule has 3 N–H and O–H groups in total. The van der Waals surface area contributed by atoms with E-state index in [0.717, 1.165) is 0 Å². The van der Waals surface area contributed by atoms with Gasteiger partial charge in [-0.05, 0) is 37.1 Å². The highest BCUT2D eigenvalue weighted by molar-refractivity contribution is 5.95. The molecule has 0 radical (unpaired) electrons. The maximum Gasteiger partial charge on any atom is 0.260 e. The number of carbonyl (C=O) groups excluding carboxylic acids is 2. The Morgan fingerprint density at radius 2 is 1.79 bits per heavy atom. The number of ether oxygens (including phenoxy) is 2. The highest BCUT2D eigenvalue weighted by Gasteiger charge is 2.27. The van der Waals surface area contributed by atoms with Gasteiger partial charge in [-0.3, -0.25) is 9.59 Å². The monoisotopic (exact) mass is 419 g/mol. The molecule has 1 heterocycles. The predicted octanol–water partition coefficient (Wildman–Crippen LogP) is 2.96. The quantitative estimate of drug-likeness (QED) is 0.702. The van der Waals surface area contributed by atoms with Gasteiger partial charge in [-0.1, -0.05) is 18.2 Å². The maximum atomic E-state index is 12.6. The smallest absolute Gasteiger partial charge is 0.260 e. The third-order valence-corrected chi connectivity index (χ3v) is 4.84. The first-order chi connectivity index (χ1) is 13.6. The molecule has 8 heteroatoms. The number of methoxy groups -OCH3 is 1. The fraction of sp³-hybridized carbons (Fsp3) is 0.333. The number of para-hydroxylation sites is 1. The summed E-state index contributed by atoms with van der Waals surface area (Å²) in [5, 5.41) is 2.87. The fourth-order valence-electron chi connectivity index (χ4n) is 3.15. The lowest BCUT2D eigenvalue weighted by molar-refractivity contribution is -0.136. The van der Waals surface area contributed by atoms with Gasteiger partial charge >= 0.3 is 0 Å². The average molecular weight is 420 g/mol. The normalized spacial score (nSPS) is 13.9. The third kappa shape index (κ3) is 6.02. The summed E-state index contributed by atoms with van der Waals surface area (Å²) in [6.45, 7) is 1.06. The van der Waals surface area contributed by atoms with E-state index in [-0.39, 0.29) is 36.7 Å². The Morgan fingerprint density at radius 3 is 2.45 bits per heavy atom. The van der Waals surface area contributed by atoms with Gasteiger partial charge in [0.1, 0.15) is 11.5 Å². The number of rotatable bonds is 6. The first-order valence-corrected chi connectivity index (χ1v) is 9.27. The molecule has 0 aliphatic carbocycles. The second kappa shape index (κ2) is 10.6. The van der Waals surface area contributed by atoms with Crippen molar-refractivity contribution in [2.45, 2.75) is 12.8 Å². The highest BCUT2D eigenvalue weighted by atomic mass is 35.5. The number of nitrogens with zero attached hydrogens (tertiary/aromatic N) is 1. The van der Waals surface area contributed by atoms with Crippen LogP contribution in [0.1, 0.15) is 12.8 Å². The molecule has 0 aromatic heterocycles. The minimum absolute atomic E-state index is 0. The van der Waals surface area contributed by atoms with Crippen molar-refractivity contribution in [3.8, 4) is 11.5 Å². The summed E-state index contributed by atoms with van der Waals surface area (Å²) in [6.07, 6.45) is 1.21. The molecule has 29 heavy (non-hydrogen) atoms. The van der Waals surface area contributed by atoms with Gasteiger partial charge < -0.3 is 25.4 Å². The molecule has 2 aromatic rings. The van der Waals surface area contributed by atoms with Crippen LogP contribution in [0.4, 0.5) is 11.4 Å². The minimum Gasteiger partial charge on any atom is -0.497 e. The second-order valence-electron chi connectivity index (χ2n) is 6.70. The first-order valence-electron chi connectivity index (χ1n) is 9.27. The summed E-state index contributed by atoms with van der Waals surface area (Å²) in [7, 11) is 1.56. The summed E-state index contributed by atoms with van der Waals surface area (Å²) in [5.41, 5.74) is 6.95. The van der Waals surface area contributed by atoms with E-state index in [0.29, 0.717) is 48.8 Å². The Hall–Kier alpha value is -2.93. The summed E-state index contributed by atoms with van der Waals surface area (Å²) >= 11 is 0. The van der Waals surface area contributed by atoms with Crippen LogP contribution in [-0.2, 0) is 9.59 Å². The number of amides is 2. The summed E-state index contributed by atoms with van der Waals surface area (Å²) < 4.78 is 10.7. The van der Waals surface area contributed by atoms with Crippen molar-refractivity contribution >= 4 is 35.6 Å². The Kier molecular flexibility index (Phi) is 8.15. The van der Waals surface area contributed by atoms with Gasteiger partial charge in [0.05, 0.1) is 18.5 Å². The summed E-state index contributed by atoms with van der Waals surface area (Å²) in [5.74, 6) is 0.973. The van der Waals surface area contributed by atoms with Gasteiger partial charge in [-0.2, -0.15) is 0 Å². The first kappa shape index (κ1) is 22.4. The van der Waals surface area contributed by atoms with E-state index in [1.54, 1.807) is 30.2 Å². The van der Waals surface area contributed by atoms with E-state index in [9.17, 15) is 9.59 Å². The Bertz CT molecular complexity index is 824. The predicted molar refractivity (Wildman–Crippen MR) is 115 cm³/mol. The lowest BCUT2D eigenvalue weighted by Crippen LogP contribution is -2.43. The number of halogens is 1. The molecule has 0 atom stereocenters. The molecule has 7 nitrogen and oxygen atoms in total. The van der Waals surface area contributed by atoms with Crippen LogP contribution in [0.25, 0.3) is 0 Å². The van der Waals surface area contributed by atoms with Crippen LogP contribution in [0.3, 0.4) is 0 Å². The van der Waals surface area contributed by atoms with E-state index in [1.165, 1.54) is 0 Å². The lowest BCUT2D eigenvalue weighted by Gasteiger charge is -2.31. The summed E-state index contributed by atoms with van der Waals surface area (Å²) in [6, 6.07) is 14.4. The van der Waals surface area contributed by atoms with E-state index < -0.39 is 0 Å². The zero-order valence-corrected chi connectivity index (χ0v) is 17.1. The van der Waals surface area contributed by atoms with Crippen LogP contribution in [0.15, 0.2) is 48.5 Å². The van der Waals surface area contributed by atoms with Crippen LogP contribution < -0.4 is 20.5 Å². The van der Waals surface area contributed by atoms with Crippen molar-refractivity contribution in [3.05, 3.63) is 48.5 Å². The van der Waals surface area contributed by atoms with Gasteiger partial charge in [-0.25, -0.2) is 0 Å². The van der Waals surface area contributed by atoms with Crippen molar-refractivity contribution in [3.63, 3.8) is 0 Å². The van der Waals surface area contributed by atoms with Crippen molar-refractivity contribution in [2.24, 2.45) is 5.92 Å². The molecule has 2 amide bonds. The number of hydrogen-bond acceptors (Lipinski definition) is 5. The number of nitrogens with one attached hydrogen (secondary N) is 1. The lowest BCUT2D eigenvalue weighted by atomic mass is 9.95. The molecule has 0 unspecified atom stereocenters. The standard InChI is InChI=1S/C21H25N3O4.ClH/c1-27-17-7-8-18(22)19(13-17)23-21(26)15-9-11-24(12-10-15)20(25)14-28-16-5-3-2-4-6-16;/h2-8,13,15H,9-12,14,22H2,1H3,(H,23,26);1H. The van der Waals surface area contributed by atoms with Gasteiger partial charge in [-0.15, -0.1) is 12.4 Å². The molecule has 0 saturated carbocycles. The van der Waals surface area contributed by atoms with E-state index in [1.807, 2.05) is 30.3 Å². The van der Waals surface area contributed by atoms with Crippen LogP contribution in [0.5, 0.6) is 11.5 Å². The molecular formula is C21H26ClN3O4. The van der Waals surface area contributed by atoms with E-state index in [4.69, 9.17) is 15.2 Å². The van der Waals surface area contributed by atoms with Gasteiger partial charge in [0, 0.05) is 25.1 Å². The third-order valence-electron chi connectivity index (χ3n) is 4.84. The molecule has 1 aliphatic heterocycles. The Morgan fingerprint density at radius 1 is 1.10 bits per heavy atom. The van der Waals surface area contributed by atoms with Crippen LogP contribution in [0, 0.1) is 5.92 Å².